The van der Waals surface area contributed by atoms with Gasteiger partial charge in [0.05, 0.1) is 18.9 Å². The van der Waals surface area contributed by atoms with Crippen LogP contribution in [0.15, 0.2) is 30.3 Å². The van der Waals surface area contributed by atoms with E-state index in [0.29, 0.717) is 44.2 Å². The van der Waals surface area contributed by atoms with Crippen LogP contribution in [0.25, 0.3) is 5.70 Å². The molecule has 2 fully saturated rings. The number of hydrogen-bond acceptors (Lipinski definition) is 5. The molecular weight excluding hydrogens is 370 g/mol. The van der Waals surface area contributed by atoms with Crippen LogP contribution in [0.4, 0.5) is 0 Å². The number of hydrogen-bond donors (Lipinski definition) is 1. The Kier molecular flexibility index (Phi) is 5.08. The van der Waals surface area contributed by atoms with Crippen LogP contribution in [-0.4, -0.2) is 60.4 Å². The topological polar surface area (TPSA) is 71.1 Å². The number of likely N-dealkylation sites (tertiary alicyclic amines) is 1. The van der Waals surface area contributed by atoms with Crippen LogP contribution in [0, 0.1) is 0 Å². The summed E-state index contributed by atoms with van der Waals surface area (Å²) in [6, 6.07) is 7.34. The van der Waals surface area contributed by atoms with E-state index in [1.807, 2.05) is 18.2 Å². The zero-order valence-corrected chi connectivity index (χ0v) is 15.7. The number of nitrogens with zero attached hydrogens (tertiary/aromatic N) is 2. The van der Waals surface area contributed by atoms with Crippen molar-refractivity contribution < 1.29 is 19.1 Å². The highest BCUT2D eigenvalue weighted by molar-refractivity contribution is 6.30. The normalized spacial score (nSPS) is 22.0. The molecule has 0 saturated carbocycles. The molecule has 0 bridgehead atoms. The molecule has 0 unspecified atom stereocenters. The molecular formula is C19H22ClN3O4. The smallest absolute Gasteiger partial charge is 0.245 e. The van der Waals surface area contributed by atoms with E-state index in [2.05, 4.69) is 5.43 Å². The first-order chi connectivity index (χ1) is 13.0. The first-order valence-electron chi connectivity index (χ1n) is 9.13. The minimum Gasteiger partial charge on any atom is -0.347 e. The minimum atomic E-state index is -0.513. The Morgan fingerprint density at radius 2 is 1.81 bits per heavy atom. The van der Waals surface area contributed by atoms with E-state index >= 15 is 0 Å². The van der Waals surface area contributed by atoms with E-state index in [0.717, 1.165) is 11.3 Å². The third-order valence-corrected chi connectivity index (χ3v) is 5.43. The van der Waals surface area contributed by atoms with E-state index in [1.165, 1.54) is 5.01 Å². The summed E-state index contributed by atoms with van der Waals surface area (Å²) in [7, 11) is 0. The molecule has 3 aliphatic rings. The van der Waals surface area contributed by atoms with Crippen molar-refractivity contribution >= 4 is 29.1 Å². The number of rotatable bonds is 3. The number of piperidine rings is 1. The van der Waals surface area contributed by atoms with E-state index in [4.69, 9.17) is 21.1 Å². The van der Waals surface area contributed by atoms with Crippen LogP contribution >= 0.6 is 11.6 Å². The average Bonchev–Trinajstić information content (AvgIpc) is 3.13. The van der Waals surface area contributed by atoms with Crippen LogP contribution in [0.3, 0.4) is 0 Å². The van der Waals surface area contributed by atoms with E-state index in [1.54, 1.807) is 17.0 Å². The summed E-state index contributed by atoms with van der Waals surface area (Å²) in [4.78, 5) is 26.7. The Bertz CT molecular complexity index is 749. The molecule has 144 valence electrons. The van der Waals surface area contributed by atoms with Gasteiger partial charge in [-0.3, -0.25) is 15.0 Å². The quantitative estimate of drug-likeness (QED) is 0.850. The Hall–Kier alpha value is -2.09. The number of hydrazine groups is 1. The second-order valence-electron chi connectivity index (χ2n) is 6.91. The zero-order chi connectivity index (χ0) is 18.9. The minimum absolute atomic E-state index is 0.00151. The largest absolute Gasteiger partial charge is 0.347 e. The number of halogens is 1. The predicted octanol–water partition coefficient (Wildman–Crippen LogP) is 1.78. The number of ether oxygens (including phenoxy) is 2. The summed E-state index contributed by atoms with van der Waals surface area (Å²) in [6.45, 7) is 2.36. The third kappa shape index (κ3) is 3.95. The first-order valence-corrected chi connectivity index (χ1v) is 9.51. The lowest BCUT2D eigenvalue weighted by Crippen LogP contribution is -2.53. The molecule has 0 aliphatic carbocycles. The SMILES string of the molecule is O=C(CN1NC(c2ccc(Cl)cc2)=CCC1=O)N1CCC2(CC1)OCCO2. The fourth-order valence-corrected chi connectivity index (χ4v) is 3.74. The van der Waals surface area contributed by atoms with E-state index in [-0.39, 0.29) is 24.8 Å². The van der Waals surface area contributed by atoms with Crippen LogP contribution in [-0.2, 0) is 19.1 Å². The van der Waals surface area contributed by atoms with Crippen molar-refractivity contribution in [1.82, 2.24) is 15.3 Å². The summed E-state index contributed by atoms with van der Waals surface area (Å²) in [5.74, 6) is -0.724. The molecule has 0 atom stereocenters. The van der Waals surface area contributed by atoms with Gasteiger partial charge in [0.25, 0.3) is 0 Å². The molecule has 2 amide bonds. The summed E-state index contributed by atoms with van der Waals surface area (Å²) in [5, 5.41) is 2.04. The maximum atomic E-state index is 12.7. The van der Waals surface area contributed by atoms with Crippen molar-refractivity contribution in [1.29, 1.82) is 0 Å². The maximum Gasteiger partial charge on any atom is 0.245 e. The van der Waals surface area contributed by atoms with Gasteiger partial charge in [-0.1, -0.05) is 23.7 Å². The Labute approximate surface area is 162 Å². The van der Waals surface area contributed by atoms with Crippen LogP contribution in [0.2, 0.25) is 5.02 Å². The van der Waals surface area contributed by atoms with Crippen molar-refractivity contribution in [3.63, 3.8) is 0 Å². The molecule has 4 rings (SSSR count). The van der Waals surface area contributed by atoms with Crippen molar-refractivity contribution in [2.75, 3.05) is 32.8 Å². The van der Waals surface area contributed by atoms with Crippen molar-refractivity contribution in [2.45, 2.75) is 25.0 Å². The molecule has 0 aromatic heterocycles. The van der Waals surface area contributed by atoms with Gasteiger partial charge in [-0.05, 0) is 23.8 Å². The summed E-state index contributed by atoms with van der Waals surface area (Å²) in [6.07, 6.45) is 3.40. The maximum absolute atomic E-state index is 12.7. The molecule has 1 aromatic rings. The third-order valence-electron chi connectivity index (χ3n) is 5.18. The molecule has 1 N–H and O–H groups in total. The first kappa shape index (κ1) is 18.3. The van der Waals surface area contributed by atoms with Gasteiger partial charge in [0.15, 0.2) is 5.79 Å². The molecule has 3 aliphatic heterocycles. The van der Waals surface area contributed by atoms with Crippen molar-refractivity contribution in [2.24, 2.45) is 0 Å². The average molecular weight is 392 g/mol. The van der Waals surface area contributed by atoms with Gasteiger partial charge < -0.3 is 14.4 Å². The monoisotopic (exact) mass is 391 g/mol. The highest BCUT2D eigenvalue weighted by Gasteiger charge is 2.41. The van der Waals surface area contributed by atoms with Gasteiger partial charge in [-0.25, -0.2) is 5.01 Å². The standard InChI is InChI=1S/C19H22ClN3O4/c20-15-3-1-14(2-4-15)16-5-6-17(24)23(21-16)13-18(25)22-9-7-19(8-10-22)26-11-12-27-19/h1-5,21H,6-13H2. The van der Waals surface area contributed by atoms with Gasteiger partial charge in [-0.2, -0.15) is 0 Å². The van der Waals surface area contributed by atoms with Crippen LogP contribution in [0.1, 0.15) is 24.8 Å². The molecule has 3 heterocycles. The van der Waals surface area contributed by atoms with Gasteiger partial charge in [0, 0.05) is 37.4 Å². The lowest BCUT2D eigenvalue weighted by molar-refractivity contribution is -0.188. The Morgan fingerprint density at radius 1 is 1.15 bits per heavy atom. The van der Waals surface area contributed by atoms with Crippen LogP contribution in [0.5, 0.6) is 0 Å². The lowest BCUT2D eigenvalue weighted by Gasteiger charge is -2.38. The van der Waals surface area contributed by atoms with Crippen LogP contribution < -0.4 is 5.43 Å². The highest BCUT2D eigenvalue weighted by Crippen LogP contribution is 2.31. The Morgan fingerprint density at radius 3 is 2.48 bits per heavy atom. The number of carbonyl (C=O) groups is 2. The molecule has 27 heavy (non-hydrogen) atoms. The molecule has 8 heteroatoms. The number of nitrogens with one attached hydrogen (secondary N) is 1. The molecule has 1 aromatic carbocycles. The van der Waals surface area contributed by atoms with Gasteiger partial charge in [-0.15, -0.1) is 0 Å². The number of benzene rings is 1. The number of amides is 2. The second kappa shape index (κ2) is 7.50. The molecule has 2 saturated heterocycles. The van der Waals surface area contributed by atoms with E-state index in [9.17, 15) is 9.59 Å². The van der Waals surface area contributed by atoms with Gasteiger partial charge in [0.1, 0.15) is 6.54 Å². The number of carbonyl (C=O) groups excluding carboxylic acids is 2. The second-order valence-corrected chi connectivity index (χ2v) is 7.35. The highest BCUT2D eigenvalue weighted by atomic mass is 35.5. The van der Waals surface area contributed by atoms with Gasteiger partial charge in [0.2, 0.25) is 11.8 Å². The fraction of sp³-hybridized carbons (Fsp3) is 0.474. The van der Waals surface area contributed by atoms with Crippen molar-refractivity contribution in [3.8, 4) is 0 Å². The van der Waals surface area contributed by atoms with E-state index < -0.39 is 5.79 Å². The molecule has 0 radical (unpaired) electrons. The molecule has 7 nitrogen and oxygen atoms in total. The zero-order valence-electron chi connectivity index (χ0n) is 14.9. The van der Waals surface area contributed by atoms with Crippen molar-refractivity contribution in [3.05, 3.63) is 40.9 Å². The summed E-state index contributed by atoms with van der Waals surface area (Å²) in [5.41, 5.74) is 4.77. The Balaban J connectivity index is 1.36. The predicted molar refractivity (Wildman–Crippen MR) is 99.3 cm³/mol. The lowest BCUT2D eigenvalue weighted by atomic mass is 10.0. The summed E-state index contributed by atoms with van der Waals surface area (Å²) >= 11 is 5.93. The molecule has 1 spiro atoms. The summed E-state index contributed by atoms with van der Waals surface area (Å²) < 4.78 is 11.4. The van der Waals surface area contributed by atoms with Gasteiger partial charge >= 0.3 is 0 Å². The fourth-order valence-electron chi connectivity index (χ4n) is 3.61.